The molecule has 1 aromatic rings. The lowest BCUT2D eigenvalue weighted by atomic mass is 10.3. The van der Waals surface area contributed by atoms with Gasteiger partial charge in [-0.2, -0.15) is 5.10 Å². The van der Waals surface area contributed by atoms with Gasteiger partial charge in [-0.15, -0.1) is 0 Å². The Morgan fingerprint density at radius 1 is 1.39 bits per heavy atom. The number of aromatic nitrogens is 2. The molecule has 0 saturated carbocycles. The van der Waals surface area contributed by atoms with Gasteiger partial charge in [0.1, 0.15) is 12.2 Å². The maximum Gasteiger partial charge on any atom is 0.325 e. The number of aromatic amines is 1. The van der Waals surface area contributed by atoms with Crippen molar-refractivity contribution in [2.45, 2.75) is 13.8 Å². The van der Waals surface area contributed by atoms with Crippen molar-refractivity contribution in [1.82, 2.24) is 15.1 Å². The Balaban J connectivity index is 2.76. The number of rotatable bonds is 5. The van der Waals surface area contributed by atoms with Gasteiger partial charge in [0.2, 0.25) is 0 Å². The molecule has 0 aromatic carbocycles. The summed E-state index contributed by atoms with van der Waals surface area (Å²) in [6, 6.07) is 2.52. The van der Waals surface area contributed by atoms with E-state index in [9.17, 15) is 14.4 Å². The first-order valence-electron chi connectivity index (χ1n) is 5.59. The summed E-state index contributed by atoms with van der Waals surface area (Å²) in [7, 11) is 0. The van der Waals surface area contributed by atoms with Crippen molar-refractivity contribution in [1.29, 1.82) is 0 Å². The molecule has 98 valence electrons. The lowest BCUT2D eigenvalue weighted by Crippen LogP contribution is -2.37. The van der Waals surface area contributed by atoms with Crippen molar-refractivity contribution in [3.8, 4) is 0 Å². The van der Waals surface area contributed by atoms with Crippen LogP contribution in [0.4, 0.5) is 0 Å². The smallest absolute Gasteiger partial charge is 0.325 e. The van der Waals surface area contributed by atoms with E-state index < -0.39 is 11.9 Å². The number of esters is 1. The molecular weight excluding hydrogens is 238 g/mol. The van der Waals surface area contributed by atoms with Gasteiger partial charge in [0.15, 0.2) is 0 Å². The zero-order valence-electron chi connectivity index (χ0n) is 10.3. The highest BCUT2D eigenvalue weighted by atomic mass is 16.5. The third-order valence-corrected chi connectivity index (χ3v) is 2.19. The van der Waals surface area contributed by atoms with Crippen LogP contribution in [0.25, 0.3) is 0 Å². The second-order valence-electron chi connectivity index (χ2n) is 3.43. The van der Waals surface area contributed by atoms with E-state index in [2.05, 4.69) is 10.2 Å². The van der Waals surface area contributed by atoms with Crippen LogP contribution < -0.4 is 5.56 Å². The SMILES string of the molecule is CCOC(=O)CN(CC)C(=O)c1ccc(=O)[nH]n1. The van der Waals surface area contributed by atoms with E-state index >= 15 is 0 Å². The van der Waals surface area contributed by atoms with E-state index in [1.54, 1.807) is 13.8 Å². The molecule has 0 radical (unpaired) electrons. The lowest BCUT2D eigenvalue weighted by Gasteiger charge is -2.18. The van der Waals surface area contributed by atoms with Gasteiger partial charge < -0.3 is 9.64 Å². The Labute approximate surface area is 104 Å². The summed E-state index contributed by atoms with van der Waals surface area (Å²) in [6.07, 6.45) is 0. The molecule has 18 heavy (non-hydrogen) atoms. The van der Waals surface area contributed by atoms with Crippen LogP contribution in [0.1, 0.15) is 24.3 Å². The van der Waals surface area contributed by atoms with Crippen molar-refractivity contribution < 1.29 is 14.3 Å². The molecule has 1 N–H and O–H groups in total. The monoisotopic (exact) mass is 253 g/mol. The number of ether oxygens (including phenoxy) is 1. The highest BCUT2D eigenvalue weighted by molar-refractivity contribution is 5.94. The molecule has 0 spiro atoms. The topological polar surface area (TPSA) is 92.4 Å². The molecule has 1 amide bonds. The lowest BCUT2D eigenvalue weighted by molar-refractivity contribution is -0.143. The Kier molecular flexibility index (Phi) is 5.04. The van der Waals surface area contributed by atoms with E-state index in [0.29, 0.717) is 6.54 Å². The maximum absolute atomic E-state index is 12.0. The highest BCUT2D eigenvalue weighted by Crippen LogP contribution is 1.99. The van der Waals surface area contributed by atoms with Gasteiger partial charge in [0.25, 0.3) is 11.5 Å². The number of amides is 1. The number of nitrogens with zero attached hydrogens (tertiary/aromatic N) is 2. The zero-order valence-corrected chi connectivity index (χ0v) is 10.3. The summed E-state index contributed by atoms with van der Waals surface area (Å²) in [5.41, 5.74) is -0.305. The molecule has 7 nitrogen and oxygen atoms in total. The third kappa shape index (κ3) is 3.69. The zero-order chi connectivity index (χ0) is 13.5. The molecule has 1 aromatic heterocycles. The Hall–Kier alpha value is -2.18. The van der Waals surface area contributed by atoms with Gasteiger partial charge >= 0.3 is 5.97 Å². The quantitative estimate of drug-likeness (QED) is 0.733. The molecule has 0 saturated heterocycles. The normalized spacial score (nSPS) is 9.89. The Morgan fingerprint density at radius 3 is 2.61 bits per heavy atom. The molecule has 1 heterocycles. The Bertz CT molecular complexity index is 463. The number of carbonyl (C=O) groups excluding carboxylic acids is 2. The van der Waals surface area contributed by atoms with Crippen molar-refractivity contribution in [2.24, 2.45) is 0 Å². The van der Waals surface area contributed by atoms with Crippen LogP contribution in [0.2, 0.25) is 0 Å². The van der Waals surface area contributed by atoms with E-state index in [0.717, 1.165) is 0 Å². The molecule has 0 aliphatic carbocycles. The molecule has 1 rings (SSSR count). The predicted octanol–water partition coefficient (Wildman–Crippen LogP) is -0.205. The van der Waals surface area contributed by atoms with Crippen LogP contribution >= 0.6 is 0 Å². The van der Waals surface area contributed by atoms with Crippen molar-refractivity contribution in [3.63, 3.8) is 0 Å². The van der Waals surface area contributed by atoms with E-state index in [1.165, 1.54) is 17.0 Å². The van der Waals surface area contributed by atoms with Crippen LogP contribution in [0.5, 0.6) is 0 Å². The fourth-order valence-corrected chi connectivity index (χ4v) is 1.32. The van der Waals surface area contributed by atoms with E-state index in [1.807, 2.05) is 0 Å². The van der Waals surface area contributed by atoms with Gasteiger partial charge in [-0.3, -0.25) is 14.4 Å². The average Bonchev–Trinajstić information content (AvgIpc) is 2.36. The maximum atomic E-state index is 12.0. The third-order valence-electron chi connectivity index (χ3n) is 2.19. The molecule has 0 fully saturated rings. The average molecular weight is 253 g/mol. The first-order valence-corrected chi connectivity index (χ1v) is 5.59. The number of likely N-dealkylation sites (N-methyl/N-ethyl adjacent to an activating group) is 1. The van der Waals surface area contributed by atoms with E-state index in [4.69, 9.17) is 4.74 Å². The second kappa shape index (κ2) is 6.53. The molecular formula is C11H15N3O4. The number of hydrogen-bond acceptors (Lipinski definition) is 5. The largest absolute Gasteiger partial charge is 0.465 e. The fourth-order valence-electron chi connectivity index (χ4n) is 1.32. The predicted molar refractivity (Wildman–Crippen MR) is 63.1 cm³/mol. The van der Waals surface area contributed by atoms with Gasteiger partial charge in [0, 0.05) is 12.6 Å². The summed E-state index contributed by atoms with van der Waals surface area (Å²) >= 11 is 0. The standard InChI is InChI=1S/C11H15N3O4/c1-3-14(7-10(16)18-4-2)11(17)8-5-6-9(15)13-12-8/h5-6H,3-4,7H2,1-2H3,(H,13,15). The summed E-state index contributed by atoms with van der Waals surface area (Å²) in [6.45, 7) is 3.91. The summed E-state index contributed by atoms with van der Waals surface area (Å²) in [5, 5.41) is 5.79. The molecule has 0 aliphatic heterocycles. The minimum atomic E-state index is -0.475. The van der Waals surface area contributed by atoms with Crippen LogP contribution in [-0.2, 0) is 9.53 Å². The summed E-state index contributed by atoms with van der Waals surface area (Å²) < 4.78 is 4.77. The molecule has 0 aliphatic rings. The molecule has 0 atom stereocenters. The molecule has 0 unspecified atom stereocenters. The van der Waals surface area contributed by atoms with Gasteiger partial charge in [-0.1, -0.05) is 0 Å². The second-order valence-corrected chi connectivity index (χ2v) is 3.43. The minimum absolute atomic E-state index is 0.0840. The van der Waals surface area contributed by atoms with Crippen LogP contribution in [-0.4, -0.2) is 46.7 Å². The number of nitrogens with one attached hydrogen (secondary N) is 1. The number of carbonyl (C=O) groups is 2. The van der Waals surface area contributed by atoms with Crippen LogP contribution in [0.3, 0.4) is 0 Å². The van der Waals surface area contributed by atoms with Gasteiger partial charge in [-0.05, 0) is 19.9 Å². The fraction of sp³-hybridized carbons (Fsp3) is 0.455. The summed E-state index contributed by atoms with van der Waals surface area (Å²) in [4.78, 5) is 35.4. The molecule has 0 bridgehead atoms. The minimum Gasteiger partial charge on any atom is -0.465 e. The van der Waals surface area contributed by atoms with E-state index in [-0.39, 0.29) is 24.4 Å². The van der Waals surface area contributed by atoms with Crippen molar-refractivity contribution in [3.05, 3.63) is 28.2 Å². The van der Waals surface area contributed by atoms with Crippen molar-refractivity contribution in [2.75, 3.05) is 19.7 Å². The highest BCUT2D eigenvalue weighted by Gasteiger charge is 2.19. The van der Waals surface area contributed by atoms with Crippen molar-refractivity contribution >= 4 is 11.9 Å². The van der Waals surface area contributed by atoms with Gasteiger partial charge in [0.05, 0.1) is 6.61 Å². The van der Waals surface area contributed by atoms with Gasteiger partial charge in [-0.25, -0.2) is 5.10 Å². The summed E-state index contributed by atoms with van der Waals surface area (Å²) in [5.74, 6) is -0.904. The van der Waals surface area contributed by atoms with Crippen LogP contribution in [0.15, 0.2) is 16.9 Å². The van der Waals surface area contributed by atoms with Crippen LogP contribution in [0, 0.1) is 0 Å². The molecule has 7 heteroatoms. The first kappa shape index (κ1) is 13.9. The first-order chi connectivity index (χ1) is 8.58. The number of H-pyrrole nitrogens is 1. The Morgan fingerprint density at radius 2 is 2.11 bits per heavy atom. The number of hydrogen-bond donors (Lipinski definition) is 1.